The van der Waals surface area contributed by atoms with E-state index in [1.807, 2.05) is 6.92 Å². The van der Waals surface area contributed by atoms with E-state index in [4.69, 9.17) is 5.14 Å². The van der Waals surface area contributed by atoms with Gasteiger partial charge in [0.15, 0.2) is 0 Å². The van der Waals surface area contributed by atoms with Crippen LogP contribution in [0.1, 0.15) is 24.8 Å². The van der Waals surface area contributed by atoms with Gasteiger partial charge in [-0.3, -0.25) is 5.14 Å². The molecular weight excluding hydrogens is 312 g/mol. The maximum atomic E-state index is 10.0. The molecule has 0 spiro atoms. The van der Waals surface area contributed by atoms with E-state index < -0.39 is 5.09 Å². The van der Waals surface area contributed by atoms with Crippen LogP contribution in [-0.2, 0) is 4.84 Å². The van der Waals surface area contributed by atoms with Crippen molar-refractivity contribution in [3.8, 4) is 0 Å². The largest absolute Gasteiger partial charge is 0.368 e. The van der Waals surface area contributed by atoms with Gasteiger partial charge >= 0.3 is 0 Å². The van der Waals surface area contributed by atoms with Crippen molar-refractivity contribution in [2.75, 3.05) is 11.9 Å². The van der Waals surface area contributed by atoms with Crippen LogP contribution in [0.5, 0.6) is 0 Å². The molecule has 0 fully saturated rings. The molecule has 1 atom stereocenters. The molecule has 0 saturated carbocycles. The number of nitrogens with zero attached hydrogens (tertiary/aromatic N) is 1. The van der Waals surface area contributed by atoms with Gasteiger partial charge in [0.2, 0.25) is 0 Å². The smallest absolute Gasteiger partial charge is 0.294 e. The third-order valence-electron chi connectivity index (χ3n) is 3.13. The first kappa shape index (κ1) is 16.2. The molecule has 0 aliphatic carbocycles. The van der Waals surface area contributed by atoms with Gasteiger partial charge in [-0.1, -0.05) is 0 Å². The predicted molar refractivity (Wildman–Crippen MR) is 84.4 cm³/mol. The molecule has 0 amide bonds. The molecule has 0 bridgehead atoms. The molecule has 1 aromatic carbocycles. The Labute approximate surface area is 131 Å². The number of rotatable bonds is 7. The molecule has 116 valence electrons. The van der Waals surface area contributed by atoms with Gasteiger partial charge in [-0.25, -0.2) is 4.72 Å². The number of unbranched alkanes of at least 4 members (excludes halogenated alkanes) is 1. The van der Waals surface area contributed by atoms with Crippen LogP contribution < -0.4 is 15.2 Å². The van der Waals surface area contributed by atoms with Crippen LogP contribution >= 0.6 is 23.9 Å². The van der Waals surface area contributed by atoms with Gasteiger partial charge in [-0.05, 0) is 67.8 Å². The highest BCUT2D eigenvalue weighted by Crippen LogP contribution is 2.35. The molecule has 1 aliphatic rings. The van der Waals surface area contributed by atoms with Crippen LogP contribution in [0.15, 0.2) is 21.9 Å². The molecule has 0 aromatic heterocycles. The SMILES string of the molecule is Cc1cc2c(cc1SN)SNC(CCCCO[N+](=O)[O-])N2. The highest BCUT2D eigenvalue weighted by atomic mass is 32.2. The summed E-state index contributed by atoms with van der Waals surface area (Å²) in [5.41, 5.74) is 2.25. The molecule has 0 radical (unpaired) electrons. The molecule has 0 saturated heterocycles. The topological polar surface area (TPSA) is 102 Å². The third-order valence-corrected chi connectivity index (χ3v) is 4.78. The van der Waals surface area contributed by atoms with Crippen molar-refractivity contribution in [2.24, 2.45) is 5.14 Å². The van der Waals surface area contributed by atoms with E-state index in [1.54, 1.807) is 11.9 Å². The van der Waals surface area contributed by atoms with Gasteiger partial charge in [0, 0.05) is 9.79 Å². The minimum atomic E-state index is -0.751. The fourth-order valence-electron chi connectivity index (χ4n) is 2.07. The molecular formula is C12H18N4O3S2. The van der Waals surface area contributed by atoms with Gasteiger partial charge < -0.3 is 10.2 Å². The first-order valence-corrected chi connectivity index (χ1v) is 8.27. The molecule has 9 heteroatoms. The van der Waals surface area contributed by atoms with Crippen molar-refractivity contribution < 1.29 is 9.92 Å². The first-order valence-electron chi connectivity index (χ1n) is 6.57. The lowest BCUT2D eigenvalue weighted by Gasteiger charge is -2.28. The Hall–Kier alpha value is -1.16. The highest BCUT2D eigenvalue weighted by molar-refractivity contribution is 7.98. The number of aryl methyl sites for hydroxylation is 1. The van der Waals surface area contributed by atoms with Crippen LogP contribution in [0, 0.1) is 17.0 Å². The monoisotopic (exact) mass is 330 g/mol. The van der Waals surface area contributed by atoms with Crippen molar-refractivity contribution in [3.05, 3.63) is 27.8 Å². The highest BCUT2D eigenvalue weighted by Gasteiger charge is 2.18. The predicted octanol–water partition coefficient (Wildman–Crippen LogP) is 2.69. The van der Waals surface area contributed by atoms with Crippen LogP contribution in [0.2, 0.25) is 0 Å². The standard InChI is InChI=1S/C12H18N4O3S2/c1-8-6-9-11(7-10(8)20-13)21-15-12(14-9)4-2-3-5-19-16(17)18/h6-7,12,14-15H,2-5,13H2,1H3. The van der Waals surface area contributed by atoms with Crippen molar-refractivity contribution in [1.82, 2.24) is 4.72 Å². The Kier molecular flexibility index (Phi) is 5.97. The van der Waals surface area contributed by atoms with Crippen LogP contribution in [0.25, 0.3) is 0 Å². The zero-order valence-electron chi connectivity index (χ0n) is 11.6. The second kappa shape index (κ2) is 7.74. The number of anilines is 1. The van der Waals surface area contributed by atoms with Crippen molar-refractivity contribution in [1.29, 1.82) is 0 Å². The zero-order chi connectivity index (χ0) is 15.2. The Morgan fingerprint density at radius 2 is 2.33 bits per heavy atom. The second-order valence-electron chi connectivity index (χ2n) is 4.70. The van der Waals surface area contributed by atoms with E-state index in [0.717, 1.165) is 33.9 Å². The number of nitrogens with one attached hydrogen (secondary N) is 2. The lowest BCUT2D eigenvalue weighted by Crippen LogP contribution is -2.35. The Balaban J connectivity index is 1.82. The molecule has 1 unspecified atom stereocenters. The van der Waals surface area contributed by atoms with E-state index in [0.29, 0.717) is 6.42 Å². The number of hydrogen-bond acceptors (Lipinski definition) is 8. The van der Waals surface area contributed by atoms with E-state index in [9.17, 15) is 10.1 Å². The van der Waals surface area contributed by atoms with E-state index in [-0.39, 0.29) is 12.8 Å². The summed E-state index contributed by atoms with van der Waals surface area (Å²) in [5, 5.41) is 18.3. The maximum Gasteiger partial charge on any atom is 0.294 e. The summed E-state index contributed by atoms with van der Waals surface area (Å²) in [7, 11) is 0. The van der Waals surface area contributed by atoms with Gasteiger partial charge in [0.25, 0.3) is 5.09 Å². The van der Waals surface area contributed by atoms with E-state index >= 15 is 0 Å². The van der Waals surface area contributed by atoms with Crippen molar-refractivity contribution >= 4 is 29.6 Å². The molecule has 1 heterocycles. The molecule has 1 aliphatic heterocycles. The summed E-state index contributed by atoms with van der Waals surface area (Å²) < 4.78 is 3.33. The summed E-state index contributed by atoms with van der Waals surface area (Å²) in [6.45, 7) is 2.19. The zero-order valence-corrected chi connectivity index (χ0v) is 13.3. The summed E-state index contributed by atoms with van der Waals surface area (Å²) in [6, 6.07) is 4.17. The lowest BCUT2D eigenvalue weighted by atomic mass is 10.2. The van der Waals surface area contributed by atoms with Crippen LogP contribution in [0.4, 0.5) is 5.69 Å². The first-order chi connectivity index (χ1) is 10.1. The number of nitrogens with two attached hydrogens (primary N) is 1. The number of benzene rings is 1. The van der Waals surface area contributed by atoms with Crippen LogP contribution in [-0.4, -0.2) is 17.9 Å². The lowest BCUT2D eigenvalue weighted by molar-refractivity contribution is -0.757. The van der Waals surface area contributed by atoms with E-state index in [1.165, 1.54) is 11.9 Å². The normalized spacial score (nSPS) is 17.0. The van der Waals surface area contributed by atoms with Crippen molar-refractivity contribution in [3.63, 3.8) is 0 Å². The Morgan fingerprint density at radius 3 is 3.05 bits per heavy atom. The van der Waals surface area contributed by atoms with Crippen LogP contribution in [0.3, 0.4) is 0 Å². The minimum Gasteiger partial charge on any atom is -0.368 e. The summed E-state index contributed by atoms with van der Waals surface area (Å²) in [6.07, 6.45) is 2.54. The van der Waals surface area contributed by atoms with Gasteiger partial charge in [0.1, 0.15) is 0 Å². The summed E-state index contributed by atoms with van der Waals surface area (Å²) >= 11 is 2.84. The molecule has 4 N–H and O–H groups in total. The fraction of sp³-hybridized carbons (Fsp3) is 0.500. The average Bonchev–Trinajstić information content (AvgIpc) is 2.45. The molecule has 7 nitrogen and oxygen atoms in total. The molecule has 1 aromatic rings. The average molecular weight is 330 g/mol. The molecule has 21 heavy (non-hydrogen) atoms. The fourth-order valence-corrected chi connectivity index (χ4v) is 3.42. The Morgan fingerprint density at radius 1 is 1.52 bits per heavy atom. The van der Waals surface area contributed by atoms with E-state index in [2.05, 4.69) is 27.0 Å². The number of fused-ring (bicyclic) bond motifs is 1. The minimum absolute atomic E-state index is 0.147. The van der Waals surface area contributed by atoms with Crippen molar-refractivity contribution in [2.45, 2.75) is 42.1 Å². The third kappa shape index (κ3) is 4.67. The maximum absolute atomic E-state index is 10.0. The second-order valence-corrected chi connectivity index (χ2v) is 6.26. The van der Waals surface area contributed by atoms with Gasteiger partial charge in [-0.2, -0.15) is 0 Å². The molecule has 2 rings (SSSR count). The number of hydrogen-bond donors (Lipinski definition) is 3. The Bertz CT molecular complexity index is 516. The summed E-state index contributed by atoms with van der Waals surface area (Å²) in [5.74, 6) is 0. The quantitative estimate of drug-likeness (QED) is 0.303. The van der Waals surface area contributed by atoms with Gasteiger partial charge in [0.05, 0.1) is 18.5 Å². The summed E-state index contributed by atoms with van der Waals surface area (Å²) in [4.78, 5) is 16.5. The van der Waals surface area contributed by atoms with Gasteiger partial charge in [-0.15, -0.1) is 10.1 Å².